The maximum atomic E-state index is 13.7. The number of carbonyl (C=O) groups excluding carboxylic acids is 1. The molecule has 0 bridgehead atoms. The standard InChI is InChI=1S/C13H9ClFNO2/c1-18-13(17)11-3-2-8(5-12(11)15)9-4-10(14)7-16-6-9/h2-7H,1H3. The average Bonchev–Trinajstić information content (AvgIpc) is 2.37. The topological polar surface area (TPSA) is 39.2 Å². The van der Waals surface area contributed by atoms with E-state index in [2.05, 4.69) is 9.72 Å². The number of esters is 1. The van der Waals surface area contributed by atoms with Crippen molar-refractivity contribution in [2.75, 3.05) is 7.11 Å². The van der Waals surface area contributed by atoms with Crippen LogP contribution in [0.2, 0.25) is 5.02 Å². The summed E-state index contributed by atoms with van der Waals surface area (Å²) in [7, 11) is 1.20. The summed E-state index contributed by atoms with van der Waals surface area (Å²) in [6.07, 6.45) is 3.06. The van der Waals surface area contributed by atoms with Gasteiger partial charge in [-0.1, -0.05) is 17.7 Å². The van der Waals surface area contributed by atoms with Gasteiger partial charge in [-0.15, -0.1) is 0 Å². The van der Waals surface area contributed by atoms with Gasteiger partial charge in [-0.3, -0.25) is 4.98 Å². The first-order valence-electron chi connectivity index (χ1n) is 5.10. The molecule has 0 aliphatic rings. The van der Waals surface area contributed by atoms with Crippen molar-refractivity contribution in [3.8, 4) is 11.1 Å². The van der Waals surface area contributed by atoms with Crippen molar-refractivity contribution < 1.29 is 13.9 Å². The van der Waals surface area contributed by atoms with Gasteiger partial charge < -0.3 is 4.74 Å². The molecule has 18 heavy (non-hydrogen) atoms. The van der Waals surface area contributed by atoms with Crippen LogP contribution in [0, 0.1) is 5.82 Å². The summed E-state index contributed by atoms with van der Waals surface area (Å²) in [4.78, 5) is 15.2. The number of aromatic nitrogens is 1. The molecule has 1 heterocycles. The van der Waals surface area contributed by atoms with Gasteiger partial charge in [0, 0.05) is 18.0 Å². The normalized spacial score (nSPS) is 10.2. The van der Waals surface area contributed by atoms with E-state index in [-0.39, 0.29) is 5.56 Å². The minimum absolute atomic E-state index is 0.101. The Balaban J connectivity index is 2.43. The monoisotopic (exact) mass is 265 g/mol. The molecule has 0 amide bonds. The molecule has 2 rings (SSSR count). The first kappa shape index (κ1) is 12.5. The molecule has 3 nitrogen and oxygen atoms in total. The summed E-state index contributed by atoms with van der Waals surface area (Å²) < 4.78 is 18.2. The Morgan fingerprint density at radius 1 is 1.28 bits per heavy atom. The highest BCUT2D eigenvalue weighted by molar-refractivity contribution is 6.30. The van der Waals surface area contributed by atoms with Gasteiger partial charge in [-0.25, -0.2) is 9.18 Å². The molecule has 1 aromatic heterocycles. The third-order valence-electron chi connectivity index (χ3n) is 2.41. The molecule has 0 saturated carbocycles. The number of hydrogen-bond donors (Lipinski definition) is 0. The van der Waals surface area contributed by atoms with Crippen molar-refractivity contribution in [3.05, 3.63) is 53.1 Å². The molecule has 2 aromatic rings. The molecule has 1 aromatic carbocycles. The Kier molecular flexibility index (Phi) is 3.58. The lowest BCUT2D eigenvalue weighted by molar-refractivity contribution is 0.0595. The van der Waals surface area contributed by atoms with Crippen molar-refractivity contribution in [2.24, 2.45) is 0 Å². The molecule has 0 aliphatic carbocycles. The molecular weight excluding hydrogens is 257 g/mol. The Morgan fingerprint density at radius 3 is 2.67 bits per heavy atom. The number of carbonyl (C=O) groups is 1. The smallest absolute Gasteiger partial charge is 0.340 e. The third-order valence-corrected chi connectivity index (χ3v) is 2.62. The summed E-state index contributed by atoms with van der Waals surface area (Å²) in [5.41, 5.74) is 1.17. The maximum absolute atomic E-state index is 13.7. The van der Waals surface area contributed by atoms with E-state index in [1.54, 1.807) is 18.3 Å². The van der Waals surface area contributed by atoms with Crippen LogP contribution in [0.1, 0.15) is 10.4 Å². The first-order chi connectivity index (χ1) is 8.61. The van der Waals surface area contributed by atoms with Crippen LogP contribution >= 0.6 is 11.6 Å². The highest BCUT2D eigenvalue weighted by Gasteiger charge is 2.12. The number of halogens is 2. The second kappa shape index (κ2) is 5.14. The van der Waals surface area contributed by atoms with Crippen molar-refractivity contribution in [3.63, 3.8) is 0 Å². The lowest BCUT2D eigenvalue weighted by atomic mass is 10.1. The van der Waals surface area contributed by atoms with Gasteiger partial charge in [0.1, 0.15) is 5.82 Å². The van der Waals surface area contributed by atoms with E-state index in [0.29, 0.717) is 16.1 Å². The predicted molar refractivity (Wildman–Crippen MR) is 66.0 cm³/mol. The molecule has 0 unspecified atom stereocenters. The van der Waals surface area contributed by atoms with Crippen LogP contribution in [0.25, 0.3) is 11.1 Å². The molecule has 0 atom stereocenters. The van der Waals surface area contributed by atoms with Crippen molar-refractivity contribution in [2.45, 2.75) is 0 Å². The second-order valence-corrected chi connectivity index (χ2v) is 4.01. The Morgan fingerprint density at radius 2 is 2.06 bits per heavy atom. The highest BCUT2D eigenvalue weighted by atomic mass is 35.5. The Bertz CT molecular complexity index is 601. The zero-order valence-electron chi connectivity index (χ0n) is 9.48. The number of nitrogens with zero attached hydrogens (tertiary/aromatic N) is 1. The molecule has 5 heteroatoms. The SMILES string of the molecule is COC(=O)c1ccc(-c2cncc(Cl)c2)cc1F. The van der Waals surface area contributed by atoms with Crippen LogP contribution < -0.4 is 0 Å². The van der Waals surface area contributed by atoms with E-state index >= 15 is 0 Å². The number of pyridine rings is 1. The molecule has 0 N–H and O–H groups in total. The van der Waals surface area contributed by atoms with E-state index in [1.165, 1.54) is 25.4 Å². The van der Waals surface area contributed by atoms with E-state index in [1.807, 2.05) is 0 Å². The van der Waals surface area contributed by atoms with Gasteiger partial charge in [-0.05, 0) is 23.8 Å². The molecule has 0 radical (unpaired) electrons. The predicted octanol–water partition coefficient (Wildman–Crippen LogP) is 3.33. The van der Waals surface area contributed by atoms with Crippen LogP contribution in [-0.2, 0) is 4.74 Å². The van der Waals surface area contributed by atoms with Crippen LogP contribution in [0.3, 0.4) is 0 Å². The van der Waals surface area contributed by atoms with E-state index in [0.717, 1.165) is 0 Å². The molecule has 0 fully saturated rings. The van der Waals surface area contributed by atoms with Gasteiger partial charge in [0.05, 0.1) is 17.7 Å². The highest BCUT2D eigenvalue weighted by Crippen LogP contribution is 2.23. The first-order valence-corrected chi connectivity index (χ1v) is 5.48. The van der Waals surface area contributed by atoms with E-state index < -0.39 is 11.8 Å². The number of methoxy groups -OCH3 is 1. The zero-order valence-corrected chi connectivity index (χ0v) is 10.2. The Hall–Kier alpha value is -1.94. The summed E-state index contributed by atoms with van der Waals surface area (Å²) >= 11 is 5.81. The quantitative estimate of drug-likeness (QED) is 0.782. The molecule has 0 saturated heterocycles. The molecular formula is C13H9ClFNO2. The van der Waals surface area contributed by atoms with Gasteiger partial charge >= 0.3 is 5.97 Å². The fourth-order valence-electron chi connectivity index (χ4n) is 1.54. The molecule has 0 aliphatic heterocycles. The van der Waals surface area contributed by atoms with Crippen LogP contribution in [0.15, 0.2) is 36.7 Å². The summed E-state index contributed by atoms with van der Waals surface area (Å²) in [5, 5.41) is 0.463. The fraction of sp³-hybridized carbons (Fsp3) is 0.0769. The molecule has 0 spiro atoms. The largest absolute Gasteiger partial charge is 0.465 e. The zero-order chi connectivity index (χ0) is 13.1. The van der Waals surface area contributed by atoms with Gasteiger partial charge in [0.15, 0.2) is 0 Å². The summed E-state index contributed by atoms with van der Waals surface area (Å²) in [5.74, 6) is -1.34. The van der Waals surface area contributed by atoms with Gasteiger partial charge in [0.25, 0.3) is 0 Å². The average molecular weight is 266 g/mol. The number of hydrogen-bond acceptors (Lipinski definition) is 3. The lowest BCUT2D eigenvalue weighted by Gasteiger charge is -2.05. The third kappa shape index (κ3) is 2.49. The van der Waals surface area contributed by atoms with Crippen molar-refractivity contribution >= 4 is 17.6 Å². The van der Waals surface area contributed by atoms with Crippen LogP contribution in [0.4, 0.5) is 4.39 Å². The summed E-state index contributed by atoms with van der Waals surface area (Å²) in [6.45, 7) is 0. The number of rotatable bonds is 2. The van der Waals surface area contributed by atoms with E-state index in [4.69, 9.17) is 11.6 Å². The number of benzene rings is 1. The minimum atomic E-state index is -0.705. The van der Waals surface area contributed by atoms with Crippen molar-refractivity contribution in [1.82, 2.24) is 4.98 Å². The molecule has 92 valence electrons. The number of ether oxygens (including phenoxy) is 1. The maximum Gasteiger partial charge on any atom is 0.340 e. The van der Waals surface area contributed by atoms with Crippen LogP contribution in [-0.4, -0.2) is 18.1 Å². The van der Waals surface area contributed by atoms with E-state index in [9.17, 15) is 9.18 Å². The van der Waals surface area contributed by atoms with Crippen molar-refractivity contribution in [1.29, 1.82) is 0 Å². The van der Waals surface area contributed by atoms with Gasteiger partial charge in [0.2, 0.25) is 0 Å². The van der Waals surface area contributed by atoms with Crippen LogP contribution in [0.5, 0.6) is 0 Å². The minimum Gasteiger partial charge on any atom is -0.465 e. The second-order valence-electron chi connectivity index (χ2n) is 3.58. The Labute approximate surface area is 108 Å². The summed E-state index contributed by atoms with van der Waals surface area (Å²) in [6, 6.07) is 5.90. The van der Waals surface area contributed by atoms with Gasteiger partial charge in [-0.2, -0.15) is 0 Å². The fourth-order valence-corrected chi connectivity index (χ4v) is 1.71. The lowest BCUT2D eigenvalue weighted by Crippen LogP contribution is -2.04.